The molecular weight excluding hydrogens is 343 g/mol. The van der Waals surface area contributed by atoms with E-state index in [9.17, 15) is 13.2 Å². The Labute approximate surface area is 151 Å². The van der Waals surface area contributed by atoms with Crippen LogP contribution in [0.25, 0.3) is 11.1 Å². The minimum atomic E-state index is -4.74. The average Bonchev–Trinajstić information content (AvgIpc) is 2.52. The van der Waals surface area contributed by atoms with Crippen LogP contribution in [0.1, 0.15) is 26.3 Å². The summed E-state index contributed by atoms with van der Waals surface area (Å²) < 4.78 is 48.6. The van der Waals surface area contributed by atoms with Gasteiger partial charge in [0.05, 0.1) is 12.2 Å². The molecule has 0 N–H and O–H groups in total. The first-order valence-corrected chi connectivity index (χ1v) is 8.53. The lowest BCUT2D eigenvalue weighted by Crippen LogP contribution is -2.46. The van der Waals surface area contributed by atoms with Crippen molar-refractivity contribution in [1.29, 1.82) is 0 Å². The Kier molecular flexibility index (Phi) is 4.54. The van der Waals surface area contributed by atoms with Crippen LogP contribution in [0.4, 0.5) is 18.9 Å². The first kappa shape index (κ1) is 18.4. The van der Waals surface area contributed by atoms with Gasteiger partial charge in [0.15, 0.2) is 0 Å². The molecule has 0 spiro atoms. The number of hydrogen-bond acceptors (Lipinski definition) is 3. The van der Waals surface area contributed by atoms with Crippen LogP contribution >= 0.6 is 0 Å². The summed E-state index contributed by atoms with van der Waals surface area (Å²) in [5, 5.41) is 0. The van der Waals surface area contributed by atoms with E-state index < -0.39 is 6.36 Å². The maximum atomic E-state index is 12.8. The number of benzene rings is 2. The third-order valence-corrected chi connectivity index (χ3v) is 4.39. The van der Waals surface area contributed by atoms with Gasteiger partial charge in [0.1, 0.15) is 17.1 Å². The van der Waals surface area contributed by atoms with Crippen LogP contribution in [-0.4, -0.2) is 25.1 Å². The summed E-state index contributed by atoms with van der Waals surface area (Å²) in [6, 6.07) is 9.98. The van der Waals surface area contributed by atoms with E-state index in [2.05, 4.69) is 9.64 Å². The molecule has 6 heteroatoms. The number of halogens is 3. The first-order chi connectivity index (χ1) is 12.1. The van der Waals surface area contributed by atoms with E-state index in [-0.39, 0.29) is 11.4 Å². The molecule has 0 aliphatic carbocycles. The zero-order valence-electron chi connectivity index (χ0n) is 15.3. The Bertz CT molecular complexity index is 815. The summed E-state index contributed by atoms with van der Waals surface area (Å²) in [6.45, 7) is 9.44. The molecule has 26 heavy (non-hydrogen) atoms. The Morgan fingerprint density at radius 1 is 1.15 bits per heavy atom. The molecule has 1 heterocycles. The topological polar surface area (TPSA) is 21.7 Å². The van der Waals surface area contributed by atoms with Gasteiger partial charge in [0, 0.05) is 12.1 Å². The lowest BCUT2D eigenvalue weighted by Gasteiger charge is -2.41. The van der Waals surface area contributed by atoms with Crippen molar-refractivity contribution in [3.05, 3.63) is 42.0 Å². The Hall–Kier alpha value is -2.37. The van der Waals surface area contributed by atoms with E-state index in [1.807, 2.05) is 39.8 Å². The van der Waals surface area contributed by atoms with Crippen molar-refractivity contribution in [3.63, 3.8) is 0 Å². The lowest BCUT2D eigenvalue weighted by molar-refractivity contribution is -0.274. The maximum absolute atomic E-state index is 12.8. The van der Waals surface area contributed by atoms with Gasteiger partial charge < -0.3 is 14.4 Å². The molecule has 0 atom stereocenters. The number of aryl methyl sites for hydroxylation is 1. The van der Waals surface area contributed by atoms with E-state index in [1.165, 1.54) is 12.1 Å². The largest absolute Gasteiger partial charge is 0.573 e. The highest BCUT2D eigenvalue weighted by Gasteiger charge is 2.34. The second kappa shape index (κ2) is 6.41. The Morgan fingerprint density at radius 3 is 2.50 bits per heavy atom. The molecule has 0 unspecified atom stereocenters. The summed E-state index contributed by atoms with van der Waals surface area (Å²) >= 11 is 0. The molecule has 2 aromatic carbocycles. The minimum absolute atomic E-state index is 0.205. The van der Waals surface area contributed by atoms with E-state index in [0.29, 0.717) is 17.7 Å². The van der Waals surface area contributed by atoms with Gasteiger partial charge in [-0.3, -0.25) is 0 Å². The monoisotopic (exact) mass is 365 g/mol. The normalized spacial score (nSPS) is 16.0. The second-order valence-electron chi connectivity index (χ2n) is 7.05. The summed E-state index contributed by atoms with van der Waals surface area (Å²) in [6.07, 6.45) is -4.74. The fourth-order valence-corrected chi connectivity index (χ4v) is 3.35. The van der Waals surface area contributed by atoms with Crippen LogP contribution in [0, 0.1) is 6.92 Å². The summed E-state index contributed by atoms with van der Waals surface area (Å²) in [5.41, 5.74) is 2.50. The van der Waals surface area contributed by atoms with Gasteiger partial charge in [-0.2, -0.15) is 0 Å². The average molecular weight is 365 g/mol. The number of rotatable bonds is 3. The van der Waals surface area contributed by atoms with Gasteiger partial charge in [0.2, 0.25) is 0 Å². The highest BCUT2D eigenvalue weighted by molar-refractivity contribution is 5.79. The van der Waals surface area contributed by atoms with E-state index in [1.54, 1.807) is 12.1 Å². The molecule has 0 fully saturated rings. The quantitative estimate of drug-likeness (QED) is 0.711. The number of para-hydroxylation sites is 1. The van der Waals surface area contributed by atoms with Crippen LogP contribution in [-0.2, 0) is 0 Å². The SMILES string of the molecule is CCN1CC(C)(C)Oc2cc(C)c(-c3ccccc3OC(F)(F)F)cc21. The standard InChI is InChI=1S/C20H22F3NO2/c1-5-24-12-19(3,4)25-18-10-13(2)15(11-16(18)24)14-8-6-7-9-17(14)26-20(21,22)23/h6-11H,5,12H2,1-4H3. The minimum Gasteiger partial charge on any atom is -0.484 e. The first-order valence-electron chi connectivity index (χ1n) is 8.53. The number of likely N-dealkylation sites (N-methyl/N-ethyl adjacent to an activating group) is 1. The molecular formula is C20H22F3NO2. The molecule has 0 bridgehead atoms. The molecule has 0 saturated heterocycles. The van der Waals surface area contributed by atoms with Gasteiger partial charge in [-0.1, -0.05) is 18.2 Å². The number of fused-ring (bicyclic) bond motifs is 1. The number of nitrogens with zero attached hydrogens (tertiary/aromatic N) is 1. The predicted molar refractivity (Wildman–Crippen MR) is 95.9 cm³/mol. The van der Waals surface area contributed by atoms with Crippen LogP contribution in [0.2, 0.25) is 0 Å². The molecule has 1 aliphatic heterocycles. The molecule has 140 valence electrons. The molecule has 3 nitrogen and oxygen atoms in total. The number of hydrogen-bond donors (Lipinski definition) is 0. The van der Waals surface area contributed by atoms with Crippen molar-refractivity contribution in [2.45, 2.75) is 39.7 Å². The van der Waals surface area contributed by atoms with E-state index in [4.69, 9.17) is 4.74 Å². The fourth-order valence-electron chi connectivity index (χ4n) is 3.35. The van der Waals surface area contributed by atoms with E-state index in [0.717, 1.165) is 23.5 Å². The second-order valence-corrected chi connectivity index (χ2v) is 7.05. The van der Waals surface area contributed by atoms with Crippen LogP contribution in [0.5, 0.6) is 11.5 Å². The van der Waals surface area contributed by atoms with Gasteiger partial charge >= 0.3 is 6.36 Å². The molecule has 0 radical (unpaired) electrons. The molecule has 3 rings (SSSR count). The molecule has 0 saturated carbocycles. The van der Waals surface area contributed by atoms with Crippen molar-refractivity contribution in [1.82, 2.24) is 0 Å². The van der Waals surface area contributed by atoms with E-state index >= 15 is 0 Å². The third-order valence-electron chi connectivity index (χ3n) is 4.39. The van der Waals surface area contributed by atoms with Gasteiger partial charge in [-0.05, 0) is 57.0 Å². The van der Waals surface area contributed by atoms with Gasteiger partial charge in [0.25, 0.3) is 0 Å². The van der Waals surface area contributed by atoms with Crippen molar-refractivity contribution in [3.8, 4) is 22.6 Å². The van der Waals surface area contributed by atoms with Gasteiger partial charge in [-0.25, -0.2) is 0 Å². The maximum Gasteiger partial charge on any atom is 0.573 e. The third kappa shape index (κ3) is 3.74. The highest BCUT2D eigenvalue weighted by atomic mass is 19.4. The van der Waals surface area contributed by atoms with Crippen molar-refractivity contribution in [2.24, 2.45) is 0 Å². The van der Waals surface area contributed by atoms with Crippen LogP contribution in [0.15, 0.2) is 36.4 Å². The number of ether oxygens (including phenoxy) is 2. The Morgan fingerprint density at radius 2 is 1.85 bits per heavy atom. The van der Waals surface area contributed by atoms with Crippen LogP contribution < -0.4 is 14.4 Å². The van der Waals surface area contributed by atoms with Crippen molar-refractivity contribution >= 4 is 5.69 Å². The highest BCUT2D eigenvalue weighted by Crippen LogP contribution is 2.43. The number of anilines is 1. The molecule has 0 amide bonds. The predicted octanol–water partition coefficient (Wildman–Crippen LogP) is 5.56. The lowest BCUT2D eigenvalue weighted by atomic mass is 9.96. The van der Waals surface area contributed by atoms with Gasteiger partial charge in [-0.15, -0.1) is 13.2 Å². The molecule has 0 aromatic heterocycles. The molecule has 2 aromatic rings. The summed E-state index contributed by atoms with van der Waals surface area (Å²) in [7, 11) is 0. The van der Waals surface area contributed by atoms with Crippen molar-refractivity contribution in [2.75, 3.05) is 18.0 Å². The smallest absolute Gasteiger partial charge is 0.484 e. The zero-order chi connectivity index (χ0) is 19.1. The zero-order valence-corrected chi connectivity index (χ0v) is 15.3. The van der Waals surface area contributed by atoms with Crippen LogP contribution in [0.3, 0.4) is 0 Å². The summed E-state index contributed by atoms with van der Waals surface area (Å²) in [4.78, 5) is 2.18. The fraction of sp³-hybridized carbons (Fsp3) is 0.400. The summed E-state index contributed by atoms with van der Waals surface area (Å²) in [5.74, 6) is 0.543. The molecule has 1 aliphatic rings. The number of alkyl halides is 3. The Balaban J connectivity index is 2.12. The van der Waals surface area contributed by atoms with Crippen molar-refractivity contribution < 1.29 is 22.6 Å².